The monoisotopic (exact) mass is 236 g/mol. The number of rotatable bonds is 7. The van der Waals surface area contributed by atoms with Crippen LogP contribution in [0.15, 0.2) is 18.2 Å². The highest BCUT2D eigenvalue weighted by molar-refractivity contribution is 5.60. The molecule has 3 heteroatoms. The largest absolute Gasteiger partial charge is 0.491 e. The molecule has 0 aliphatic rings. The summed E-state index contributed by atoms with van der Waals surface area (Å²) in [4.78, 5) is 0. The Morgan fingerprint density at radius 2 is 2.00 bits per heavy atom. The van der Waals surface area contributed by atoms with Gasteiger partial charge in [0.1, 0.15) is 5.75 Å². The molecule has 0 amide bonds. The van der Waals surface area contributed by atoms with E-state index in [-0.39, 0.29) is 0 Å². The maximum atomic E-state index is 5.84. The molecule has 0 aromatic heterocycles. The normalized spacial score (nSPS) is 12.4. The van der Waals surface area contributed by atoms with E-state index < -0.39 is 0 Å². The topological polar surface area (TPSA) is 61.3 Å². The van der Waals surface area contributed by atoms with Gasteiger partial charge in [-0.2, -0.15) is 0 Å². The lowest BCUT2D eigenvalue weighted by Crippen LogP contribution is -2.12. The van der Waals surface area contributed by atoms with Crippen LogP contribution in [0.2, 0.25) is 0 Å². The number of nitrogen functional groups attached to an aromatic ring is 2. The van der Waals surface area contributed by atoms with Crippen LogP contribution in [0.4, 0.5) is 11.4 Å². The zero-order valence-electron chi connectivity index (χ0n) is 10.9. The number of unbranched alkanes of at least 4 members (excludes halogenated alkanes) is 1. The van der Waals surface area contributed by atoms with Gasteiger partial charge >= 0.3 is 0 Å². The first kappa shape index (κ1) is 13.7. The Morgan fingerprint density at radius 1 is 1.24 bits per heavy atom. The maximum absolute atomic E-state index is 5.84. The number of nitrogens with two attached hydrogens (primary N) is 2. The van der Waals surface area contributed by atoms with E-state index in [2.05, 4.69) is 13.8 Å². The Kier molecular flexibility index (Phi) is 5.67. The molecule has 1 unspecified atom stereocenters. The molecule has 0 radical (unpaired) electrons. The summed E-state index contributed by atoms with van der Waals surface area (Å²) in [5.41, 5.74) is 12.8. The molecule has 1 aromatic rings. The van der Waals surface area contributed by atoms with E-state index >= 15 is 0 Å². The highest BCUT2D eigenvalue weighted by atomic mass is 16.5. The number of ether oxygens (including phenoxy) is 1. The molecule has 0 saturated heterocycles. The van der Waals surface area contributed by atoms with Crippen molar-refractivity contribution in [1.82, 2.24) is 0 Å². The van der Waals surface area contributed by atoms with Gasteiger partial charge < -0.3 is 16.2 Å². The van der Waals surface area contributed by atoms with Crippen LogP contribution in [0.25, 0.3) is 0 Å². The summed E-state index contributed by atoms with van der Waals surface area (Å²) in [6, 6.07) is 5.40. The maximum Gasteiger partial charge on any atom is 0.142 e. The molecule has 0 saturated carbocycles. The van der Waals surface area contributed by atoms with E-state index in [1.165, 1.54) is 19.3 Å². The van der Waals surface area contributed by atoms with Crippen molar-refractivity contribution in [3.63, 3.8) is 0 Å². The van der Waals surface area contributed by atoms with Crippen molar-refractivity contribution in [2.24, 2.45) is 5.92 Å². The average molecular weight is 236 g/mol. The van der Waals surface area contributed by atoms with Crippen LogP contribution in [0.5, 0.6) is 5.75 Å². The highest BCUT2D eigenvalue weighted by Gasteiger charge is 2.08. The molecule has 96 valence electrons. The second kappa shape index (κ2) is 7.05. The fourth-order valence-corrected chi connectivity index (χ4v) is 1.80. The predicted octanol–water partition coefficient (Wildman–Crippen LogP) is 3.45. The minimum Gasteiger partial charge on any atom is -0.491 e. The Bertz CT molecular complexity index is 339. The quantitative estimate of drug-likeness (QED) is 0.713. The van der Waals surface area contributed by atoms with Crippen molar-refractivity contribution in [2.75, 3.05) is 18.1 Å². The molecule has 3 nitrogen and oxygen atoms in total. The van der Waals surface area contributed by atoms with Gasteiger partial charge in [0.2, 0.25) is 0 Å². The van der Waals surface area contributed by atoms with Crippen LogP contribution in [-0.4, -0.2) is 6.61 Å². The van der Waals surface area contributed by atoms with Gasteiger partial charge in [-0.05, 0) is 30.5 Å². The minimum absolute atomic E-state index is 0.618. The number of hydrogen-bond donors (Lipinski definition) is 2. The molecule has 17 heavy (non-hydrogen) atoms. The Balaban J connectivity index is 2.47. The summed E-state index contributed by atoms with van der Waals surface area (Å²) in [5, 5.41) is 0. The van der Waals surface area contributed by atoms with E-state index in [0.29, 0.717) is 17.3 Å². The SMILES string of the molecule is CCCCC(CC)COc1ccc(N)cc1N. The van der Waals surface area contributed by atoms with Gasteiger partial charge in [-0.1, -0.05) is 33.1 Å². The van der Waals surface area contributed by atoms with Crippen molar-refractivity contribution < 1.29 is 4.74 Å². The number of benzene rings is 1. The number of hydrogen-bond acceptors (Lipinski definition) is 3. The summed E-state index contributed by atoms with van der Waals surface area (Å²) in [6.45, 7) is 5.16. The van der Waals surface area contributed by atoms with E-state index in [4.69, 9.17) is 16.2 Å². The van der Waals surface area contributed by atoms with Gasteiger partial charge in [0.05, 0.1) is 12.3 Å². The molecule has 1 aromatic carbocycles. The minimum atomic E-state index is 0.618. The molecule has 0 fully saturated rings. The van der Waals surface area contributed by atoms with Crippen LogP contribution in [0.1, 0.15) is 39.5 Å². The first-order valence-corrected chi connectivity index (χ1v) is 6.45. The third-order valence-corrected chi connectivity index (χ3v) is 3.05. The fraction of sp³-hybridized carbons (Fsp3) is 0.571. The molecule has 0 aliphatic carbocycles. The highest BCUT2D eigenvalue weighted by Crippen LogP contribution is 2.25. The zero-order chi connectivity index (χ0) is 12.7. The second-order valence-electron chi connectivity index (χ2n) is 4.52. The van der Waals surface area contributed by atoms with Crippen molar-refractivity contribution in [1.29, 1.82) is 0 Å². The molecule has 0 bridgehead atoms. The standard InChI is InChI=1S/C14H24N2O/c1-3-5-6-11(4-2)10-17-14-8-7-12(15)9-13(14)16/h7-9,11H,3-6,10,15-16H2,1-2H3. The van der Waals surface area contributed by atoms with Crippen molar-refractivity contribution in [2.45, 2.75) is 39.5 Å². The average Bonchev–Trinajstić information content (AvgIpc) is 2.31. The van der Waals surface area contributed by atoms with Crippen LogP contribution in [0, 0.1) is 5.92 Å². The predicted molar refractivity (Wildman–Crippen MR) is 74.1 cm³/mol. The lowest BCUT2D eigenvalue weighted by atomic mass is 10.0. The molecule has 0 heterocycles. The molecular formula is C14H24N2O. The molecular weight excluding hydrogens is 212 g/mol. The van der Waals surface area contributed by atoms with Gasteiger partial charge in [-0.15, -0.1) is 0 Å². The zero-order valence-corrected chi connectivity index (χ0v) is 10.9. The Labute approximate surface area is 104 Å². The van der Waals surface area contributed by atoms with Crippen molar-refractivity contribution >= 4 is 11.4 Å². The smallest absolute Gasteiger partial charge is 0.142 e. The van der Waals surface area contributed by atoms with Crippen molar-refractivity contribution in [3.8, 4) is 5.75 Å². The Morgan fingerprint density at radius 3 is 2.59 bits per heavy atom. The summed E-state index contributed by atoms with van der Waals surface area (Å²) in [6.07, 6.45) is 4.87. The van der Waals surface area contributed by atoms with Crippen LogP contribution in [0.3, 0.4) is 0 Å². The molecule has 1 rings (SSSR count). The van der Waals surface area contributed by atoms with Crippen LogP contribution < -0.4 is 16.2 Å². The summed E-state index contributed by atoms with van der Waals surface area (Å²) in [7, 11) is 0. The Hall–Kier alpha value is -1.38. The van der Waals surface area contributed by atoms with E-state index in [9.17, 15) is 0 Å². The lowest BCUT2D eigenvalue weighted by molar-refractivity contribution is 0.234. The van der Waals surface area contributed by atoms with E-state index in [0.717, 1.165) is 18.8 Å². The third-order valence-electron chi connectivity index (χ3n) is 3.05. The first-order chi connectivity index (χ1) is 8.17. The molecule has 1 atom stereocenters. The van der Waals surface area contributed by atoms with Gasteiger partial charge in [0, 0.05) is 5.69 Å². The summed E-state index contributed by atoms with van der Waals surface area (Å²) >= 11 is 0. The summed E-state index contributed by atoms with van der Waals surface area (Å²) in [5.74, 6) is 1.36. The van der Waals surface area contributed by atoms with Crippen LogP contribution in [-0.2, 0) is 0 Å². The fourth-order valence-electron chi connectivity index (χ4n) is 1.80. The lowest BCUT2D eigenvalue weighted by Gasteiger charge is -2.16. The van der Waals surface area contributed by atoms with Gasteiger partial charge in [0.25, 0.3) is 0 Å². The summed E-state index contributed by atoms with van der Waals surface area (Å²) < 4.78 is 5.76. The molecule has 0 spiro atoms. The second-order valence-corrected chi connectivity index (χ2v) is 4.52. The van der Waals surface area contributed by atoms with Gasteiger partial charge in [-0.3, -0.25) is 0 Å². The van der Waals surface area contributed by atoms with Gasteiger partial charge in [0.15, 0.2) is 0 Å². The van der Waals surface area contributed by atoms with Crippen molar-refractivity contribution in [3.05, 3.63) is 18.2 Å². The van der Waals surface area contributed by atoms with E-state index in [1.807, 2.05) is 12.1 Å². The molecule has 4 N–H and O–H groups in total. The third kappa shape index (κ3) is 4.55. The van der Waals surface area contributed by atoms with Gasteiger partial charge in [-0.25, -0.2) is 0 Å². The van der Waals surface area contributed by atoms with Crippen LogP contribution >= 0.6 is 0 Å². The number of anilines is 2. The first-order valence-electron chi connectivity index (χ1n) is 6.45. The van der Waals surface area contributed by atoms with E-state index in [1.54, 1.807) is 6.07 Å². The molecule has 0 aliphatic heterocycles.